The number of aromatic nitrogens is 1. The van der Waals surface area contributed by atoms with Gasteiger partial charge in [0.2, 0.25) is 5.91 Å². The maximum Gasteiger partial charge on any atom is 0.222 e. The fourth-order valence-electron chi connectivity index (χ4n) is 0.673. The van der Waals surface area contributed by atoms with Crippen LogP contribution in [0.2, 0.25) is 10.0 Å². The summed E-state index contributed by atoms with van der Waals surface area (Å²) in [6, 6.07) is 1.52. The molecule has 0 aliphatic carbocycles. The maximum atomic E-state index is 10.6. The summed E-state index contributed by atoms with van der Waals surface area (Å²) >= 11 is 11.3. The Bertz CT molecular complexity index is 314. The average Bonchev–Trinajstić information content (AvgIpc) is 1.94. The lowest BCUT2D eigenvalue weighted by atomic mass is 10.4. The van der Waals surface area contributed by atoms with Crippen molar-refractivity contribution in [2.24, 2.45) is 0 Å². The molecule has 0 aromatic carbocycles. The molecule has 0 spiro atoms. The quantitative estimate of drug-likeness (QED) is 0.764. The molecule has 0 radical (unpaired) electrons. The summed E-state index contributed by atoms with van der Waals surface area (Å²) in [5, 5.41) is 3.23. The fourth-order valence-corrected chi connectivity index (χ4v) is 1.10. The highest BCUT2D eigenvalue weighted by Gasteiger charge is 2.03. The van der Waals surface area contributed by atoms with Crippen molar-refractivity contribution in [3.63, 3.8) is 0 Å². The summed E-state index contributed by atoms with van der Waals surface area (Å²) in [5.74, 6) is 0.111. The van der Waals surface area contributed by atoms with Crippen LogP contribution < -0.4 is 5.32 Å². The van der Waals surface area contributed by atoms with Crippen LogP contribution in [0, 0.1) is 0 Å². The average molecular weight is 205 g/mol. The first kappa shape index (κ1) is 9.29. The third-order valence-corrected chi connectivity index (χ3v) is 1.60. The van der Waals surface area contributed by atoms with Gasteiger partial charge < -0.3 is 5.32 Å². The van der Waals surface area contributed by atoms with Crippen LogP contribution in [0.15, 0.2) is 12.3 Å². The summed E-state index contributed by atoms with van der Waals surface area (Å²) in [6.07, 6.45) is 1.42. The van der Waals surface area contributed by atoms with Gasteiger partial charge in [0.15, 0.2) is 5.82 Å². The number of pyridine rings is 1. The number of nitrogens with one attached hydrogen (secondary N) is 1. The lowest BCUT2D eigenvalue weighted by Crippen LogP contribution is -2.07. The van der Waals surface area contributed by atoms with E-state index in [1.807, 2.05) is 0 Å². The predicted octanol–water partition coefficient (Wildman–Crippen LogP) is 2.35. The highest BCUT2D eigenvalue weighted by Crippen LogP contribution is 2.22. The van der Waals surface area contributed by atoms with Gasteiger partial charge in [-0.25, -0.2) is 4.98 Å². The minimum Gasteiger partial charge on any atom is -0.310 e. The van der Waals surface area contributed by atoms with E-state index in [1.54, 1.807) is 0 Å². The molecular formula is C7H6Cl2N2O. The molecule has 64 valence electrons. The number of carbonyl (C=O) groups is 1. The Hall–Kier alpha value is -0.800. The number of carbonyl (C=O) groups excluding carboxylic acids is 1. The van der Waals surface area contributed by atoms with Crippen LogP contribution in [-0.4, -0.2) is 10.9 Å². The molecule has 3 nitrogen and oxygen atoms in total. The van der Waals surface area contributed by atoms with Crippen LogP contribution >= 0.6 is 23.2 Å². The first-order chi connectivity index (χ1) is 5.59. The molecule has 5 heteroatoms. The summed E-state index contributed by atoms with van der Waals surface area (Å²) in [6.45, 7) is 1.38. The van der Waals surface area contributed by atoms with Crippen LogP contribution in [0.5, 0.6) is 0 Å². The molecule has 1 aromatic heterocycles. The number of hydrogen-bond acceptors (Lipinski definition) is 2. The van der Waals surface area contributed by atoms with Crippen LogP contribution in [0.25, 0.3) is 0 Å². The van der Waals surface area contributed by atoms with Gasteiger partial charge in [-0.05, 0) is 6.07 Å². The van der Waals surface area contributed by atoms with Gasteiger partial charge >= 0.3 is 0 Å². The number of anilines is 1. The number of rotatable bonds is 1. The molecule has 0 atom stereocenters. The summed E-state index contributed by atoms with van der Waals surface area (Å²) in [5.41, 5.74) is 0. The van der Waals surface area contributed by atoms with Crippen LogP contribution in [0.4, 0.5) is 5.82 Å². The van der Waals surface area contributed by atoms with Crippen molar-refractivity contribution in [1.82, 2.24) is 4.98 Å². The van der Waals surface area contributed by atoms with E-state index in [0.717, 1.165) is 0 Å². The Morgan fingerprint density at radius 3 is 2.75 bits per heavy atom. The van der Waals surface area contributed by atoms with Crippen molar-refractivity contribution < 1.29 is 4.79 Å². The molecule has 1 rings (SSSR count). The summed E-state index contributed by atoms with van der Waals surface area (Å²) in [4.78, 5) is 14.4. The molecule has 1 heterocycles. The van der Waals surface area contributed by atoms with Gasteiger partial charge in [-0.3, -0.25) is 4.79 Å². The van der Waals surface area contributed by atoms with Gasteiger partial charge in [-0.15, -0.1) is 0 Å². The number of nitrogens with zero attached hydrogens (tertiary/aromatic N) is 1. The maximum absolute atomic E-state index is 10.6. The standard InChI is InChI=1S/C7H6Cl2N2O/c1-4(12)11-7-6(9)2-5(8)3-10-7/h2-3H,1H3,(H,10,11,12). The zero-order chi connectivity index (χ0) is 9.14. The minimum atomic E-state index is -0.216. The highest BCUT2D eigenvalue weighted by atomic mass is 35.5. The largest absolute Gasteiger partial charge is 0.310 e. The molecular weight excluding hydrogens is 199 g/mol. The van der Waals surface area contributed by atoms with Crippen molar-refractivity contribution in [3.05, 3.63) is 22.3 Å². The molecule has 0 bridgehead atoms. The Labute approximate surface area is 79.7 Å². The second-order valence-electron chi connectivity index (χ2n) is 2.17. The molecule has 12 heavy (non-hydrogen) atoms. The zero-order valence-electron chi connectivity index (χ0n) is 6.27. The lowest BCUT2D eigenvalue weighted by Gasteiger charge is -2.02. The Balaban J connectivity index is 2.93. The normalized spacial score (nSPS) is 9.58. The molecule has 1 N–H and O–H groups in total. The van der Waals surface area contributed by atoms with E-state index in [4.69, 9.17) is 23.2 Å². The monoisotopic (exact) mass is 204 g/mol. The van der Waals surface area contributed by atoms with Crippen molar-refractivity contribution >= 4 is 34.9 Å². The van der Waals surface area contributed by atoms with Crippen molar-refractivity contribution in [2.45, 2.75) is 6.92 Å². The van der Waals surface area contributed by atoms with Gasteiger partial charge in [-0.1, -0.05) is 23.2 Å². The highest BCUT2D eigenvalue weighted by molar-refractivity contribution is 6.36. The van der Waals surface area contributed by atoms with E-state index in [9.17, 15) is 4.79 Å². The van der Waals surface area contributed by atoms with E-state index in [2.05, 4.69) is 10.3 Å². The van der Waals surface area contributed by atoms with Gasteiger partial charge in [0, 0.05) is 13.1 Å². The SMILES string of the molecule is CC(=O)Nc1ncc(Cl)cc1Cl. The molecule has 0 aliphatic heterocycles. The van der Waals surface area contributed by atoms with Crippen LogP contribution in [0.3, 0.4) is 0 Å². The van der Waals surface area contributed by atoms with Gasteiger partial charge in [0.1, 0.15) is 0 Å². The number of hydrogen-bond donors (Lipinski definition) is 1. The predicted molar refractivity (Wildman–Crippen MR) is 48.6 cm³/mol. The third kappa shape index (κ3) is 2.36. The van der Waals surface area contributed by atoms with E-state index < -0.39 is 0 Å². The minimum absolute atomic E-state index is 0.216. The molecule has 0 saturated carbocycles. The summed E-state index contributed by atoms with van der Waals surface area (Å²) < 4.78 is 0. The van der Waals surface area contributed by atoms with Crippen LogP contribution in [-0.2, 0) is 4.79 Å². The van der Waals surface area contributed by atoms with E-state index in [0.29, 0.717) is 15.9 Å². The Kier molecular flexibility index (Phi) is 2.89. The van der Waals surface area contributed by atoms with E-state index >= 15 is 0 Å². The molecule has 1 aromatic rings. The van der Waals surface area contributed by atoms with Gasteiger partial charge in [-0.2, -0.15) is 0 Å². The molecule has 0 fully saturated rings. The number of halogens is 2. The molecule has 0 saturated heterocycles. The van der Waals surface area contributed by atoms with Crippen molar-refractivity contribution in [3.8, 4) is 0 Å². The van der Waals surface area contributed by atoms with Gasteiger partial charge in [0.25, 0.3) is 0 Å². The second-order valence-corrected chi connectivity index (χ2v) is 3.01. The van der Waals surface area contributed by atoms with Crippen LogP contribution in [0.1, 0.15) is 6.92 Å². The molecule has 0 aliphatic rings. The smallest absolute Gasteiger partial charge is 0.222 e. The fraction of sp³-hybridized carbons (Fsp3) is 0.143. The molecule has 0 unspecified atom stereocenters. The second kappa shape index (κ2) is 3.74. The summed E-state index contributed by atoms with van der Waals surface area (Å²) in [7, 11) is 0. The Morgan fingerprint density at radius 2 is 2.25 bits per heavy atom. The van der Waals surface area contributed by atoms with Gasteiger partial charge in [0.05, 0.1) is 10.0 Å². The van der Waals surface area contributed by atoms with E-state index in [1.165, 1.54) is 19.2 Å². The topological polar surface area (TPSA) is 42.0 Å². The number of amides is 1. The zero-order valence-corrected chi connectivity index (χ0v) is 7.78. The van der Waals surface area contributed by atoms with Crippen molar-refractivity contribution in [1.29, 1.82) is 0 Å². The third-order valence-electron chi connectivity index (χ3n) is 1.10. The first-order valence-corrected chi connectivity index (χ1v) is 3.94. The Morgan fingerprint density at radius 1 is 1.58 bits per heavy atom. The lowest BCUT2D eigenvalue weighted by molar-refractivity contribution is -0.114. The molecule has 1 amide bonds. The van der Waals surface area contributed by atoms with Crippen molar-refractivity contribution in [2.75, 3.05) is 5.32 Å². The van der Waals surface area contributed by atoms with E-state index in [-0.39, 0.29) is 5.91 Å². The first-order valence-electron chi connectivity index (χ1n) is 3.18.